The summed E-state index contributed by atoms with van der Waals surface area (Å²) >= 11 is 0. The molecule has 2 aromatic rings. The van der Waals surface area contributed by atoms with Crippen molar-refractivity contribution in [3.05, 3.63) is 46.8 Å². The number of aromatic nitrogens is 2. The molecule has 9 nitrogen and oxygen atoms in total. The second kappa shape index (κ2) is 8.34. The Morgan fingerprint density at radius 1 is 1.07 bits per heavy atom. The van der Waals surface area contributed by atoms with E-state index in [1.165, 1.54) is 15.1 Å². The molecular weight excluding hydrogens is 396 g/mol. The van der Waals surface area contributed by atoms with Gasteiger partial charge in [0.1, 0.15) is 11.8 Å². The van der Waals surface area contributed by atoms with Gasteiger partial charge in [0.25, 0.3) is 5.56 Å². The molecule has 156 valence electrons. The van der Waals surface area contributed by atoms with Gasteiger partial charge in [0.05, 0.1) is 19.1 Å². The van der Waals surface area contributed by atoms with E-state index in [2.05, 4.69) is 5.10 Å². The maximum absolute atomic E-state index is 12.9. The number of hydrogen-bond acceptors (Lipinski definition) is 6. The van der Waals surface area contributed by atoms with Crippen molar-refractivity contribution in [2.24, 2.45) is 0 Å². The first kappa shape index (κ1) is 21.0. The van der Waals surface area contributed by atoms with E-state index in [0.717, 1.165) is 11.8 Å². The van der Waals surface area contributed by atoms with Crippen LogP contribution in [-0.2, 0) is 14.8 Å². The van der Waals surface area contributed by atoms with Crippen molar-refractivity contribution in [2.45, 2.75) is 13.0 Å². The maximum atomic E-state index is 12.9. The van der Waals surface area contributed by atoms with Crippen molar-refractivity contribution >= 4 is 15.9 Å². The molecule has 0 radical (unpaired) electrons. The van der Waals surface area contributed by atoms with Gasteiger partial charge in [-0.25, -0.2) is 13.1 Å². The van der Waals surface area contributed by atoms with Crippen LogP contribution >= 0.6 is 0 Å². The van der Waals surface area contributed by atoms with Crippen LogP contribution in [0, 0.1) is 0 Å². The van der Waals surface area contributed by atoms with Crippen molar-refractivity contribution in [1.82, 2.24) is 19.0 Å². The lowest BCUT2D eigenvalue weighted by atomic mass is 10.1. The highest BCUT2D eigenvalue weighted by atomic mass is 32.2. The smallest absolute Gasteiger partial charge is 0.267 e. The molecule has 1 saturated heterocycles. The number of hydrogen-bond donors (Lipinski definition) is 0. The Morgan fingerprint density at radius 3 is 2.24 bits per heavy atom. The number of nitrogens with zero attached hydrogens (tertiary/aromatic N) is 4. The fourth-order valence-electron chi connectivity index (χ4n) is 3.23. The molecule has 0 bridgehead atoms. The molecule has 1 aliphatic heterocycles. The van der Waals surface area contributed by atoms with Gasteiger partial charge in [-0.05, 0) is 37.3 Å². The summed E-state index contributed by atoms with van der Waals surface area (Å²) in [4.78, 5) is 26.8. The number of sulfonamides is 1. The molecule has 1 aromatic carbocycles. The molecule has 10 heteroatoms. The first-order valence-corrected chi connectivity index (χ1v) is 11.0. The van der Waals surface area contributed by atoms with Crippen LogP contribution < -0.4 is 10.3 Å². The zero-order valence-electron chi connectivity index (χ0n) is 16.6. The fourth-order valence-corrected chi connectivity index (χ4v) is 4.05. The van der Waals surface area contributed by atoms with Crippen LogP contribution in [-0.4, -0.2) is 72.9 Å². The Morgan fingerprint density at radius 2 is 1.69 bits per heavy atom. The van der Waals surface area contributed by atoms with Gasteiger partial charge in [0.15, 0.2) is 0 Å². The van der Waals surface area contributed by atoms with Gasteiger partial charge in [-0.15, -0.1) is 0 Å². The topological polar surface area (TPSA) is 102 Å². The zero-order valence-corrected chi connectivity index (χ0v) is 17.4. The summed E-state index contributed by atoms with van der Waals surface area (Å²) in [6.45, 7) is 2.67. The molecule has 0 N–H and O–H groups in total. The van der Waals surface area contributed by atoms with Crippen LogP contribution in [0.4, 0.5) is 0 Å². The third-order valence-corrected chi connectivity index (χ3v) is 6.26. The van der Waals surface area contributed by atoms with E-state index in [4.69, 9.17) is 4.74 Å². The first-order valence-electron chi connectivity index (χ1n) is 9.19. The van der Waals surface area contributed by atoms with E-state index in [-0.39, 0.29) is 37.6 Å². The van der Waals surface area contributed by atoms with Crippen molar-refractivity contribution < 1.29 is 17.9 Å². The van der Waals surface area contributed by atoms with E-state index in [1.54, 1.807) is 37.1 Å². The molecule has 0 spiro atoms. The van der Waals surface area contributed by atoms with Crippen LogP contribution in [0.15, 0.2) is 41.2 Å². The summed E-state index contributed by atoms with van der Waals surface area (Å²) in [5, 5.41) is 4.38. The highest BCUT2D eigenvalue weighted by Gasteiger charge is 2.29. The van der Waals surface area contributed by atoms with Crippen molar-refractivity contribution in [3.63, 3.8) is 0 Å². The number of piperazine rings is 1. The molecule has 1 atom stereocenters. The molecule has 0 aliphatic carbocycles. The average Bonchev–Trinajstić information content (AvgIpc) is 2.72. The molecule has 1 aliphatic rings. The predicted octanol–water partition coefficient (Wildman–Crippen LogP) is 0.584. The Balaban J connectivity index is 1.79. The molecule has 1 aromatic heterocycles. The van der Waals surface area contributed by atoms with E-state index in [1.807, 2.05) is 12.1 Å². The Hall–Kier alpha value is -2.72. The average molecular weight is 420 g/mol. The molecule has 3 rings (SSSR count). The first-order chi connectivity index (χ1) is 13.7. The van der Waals surface area contributed by atoms with Gasteiger partial charge in [-0.1, -0.05) is 0 Å². The highest BCUT2D eigenvalue weighted by molar-refractivity contribution is 7.88. The van der Waals surface area contributed by atoms with Gasteiger partial charge in [0, 0.05) is 37.8 Å². The minimum absolute atomic E-state index is 0.242. The Bertz CT molecular complexity index is 1040. The van der Waals surface area contributed by atoms with E-state index in [0.29, 0.717) is 11.4 Å². The standard InChI is InChI=1S/C19H24N4O5S/c1-14(19(25)21-10-12-22(13-11-21)29(3,26)27)23-18(24)9-8-17(20-23)15-4-6-16(28-2)7-5-15/h4-9,14H,10-13H2,1-3H3. The number of amides is 1. The third kappa shape index (κ3) is 4.65. The third-order valence-electron chi connectivity index (χ3n) is 4.95. The van der Waals surface area contributed by atoms with E-state index in [9.17, 15) is 18.0 Å². The Kier molecular flexibility index (Phi) is 6.04. The van der Waals surface area contributed by atoms with Gasteiger partial charge < -0.3 is 9.64 Å². The lowest BCUT2D eigenvalue weighted by Crippen LogP contribution is -2.52. The van der Waals surface area contributed by atoms with Crippen molar-refractivity contribution in [1.29, 1.82) is 0 Å². The predicted molar refractivity (Wildman–Crippen MR) is 108 cm³/mol. The molecule has 0 saturated carbocycles. The van der Waals surface area contributed by atoms with Crippen LogP contribution in [0.3, 0.4) is 0 Å². The van der Waals surface area contributed by atoms with Crippen LogP contribution in [0.25, 0.3) is 11.3 Å². The lowest BCUT2D eigenvalue weighted by Gasteiger charge is -2.34. The lowest BCUT2D eigenvalue weighted by molar-refractivity contribution is -0.135. The summed E-state index contributed by atoms with van der Waals surface area (Å²) < 4.78 is 30.9. The second-order valence-electron chi connectivity index (χ2n) is 6.89. The van der Waals surface area contributed by atoms with E-state index >= 15 is 0 Å². The molecule has 29 heavy (non-hydrogen) atoms. The molecule has 1 unspecified atom stereocenters. The molecule has 2 heterocycles. The number of benzene rings is 1. The number of carbonyl (C=O) groups excluding carboxylic acids is 1. The van der Waals surface area contributed by atoms with Gasteiger partial charge in [-0.2, -0.15) is 9.40 Å². The monoisotopic (exact) mass is 420 g/mol. The Labute approximate surface area is 169 Å². The number of carbonyl (C=O) groups is 1. The summed E-state index contributed by atoms with van der Waals surface area (Å²) in [5.41, 5.74) is 0.979. The second-order valence-corrected chi connectivity index (χ2v) is 8.88. The highest BCUT2D eigenvalue weighted by Crippen LogP contribution is 2.20. The van der Waals surface area contributed by atoms with Crippen LogP contribution in [0.2, 0.25) is 0 Å². The summed E-state index contributed by atoms with van der Waals surface area (Å²) in [5.74, 6) is 0.443. The van der Waals surface area contributed by atoms with Gasteiger partial charge in [-0.3, -0.25) is 9.59 Å². The number of methoxy groups -OCH3 is 1. The summed E-state index contributed by atoms with van der Waals surface area (Å²) in [7, 11) is -1.70. The van der Waals surface area contributed by atoms with Gasteiger partial charge >= 0.3 is 0 Å². The zero-order chi connectivity index (χ0) is 21.2. The van der Waals surface area contributed by atoms with Crippen LogP contribution in [0.5, 0.6) is 5.75 Å². The maximum Gasteiger partial charge on any atom is 0.267 e. The minimum atomic E-state index is -3.28. The quantitative estimate of drug-likeness (QED) is 0.701. The minimum Gasteiger partial charge on any atom is -0.497 e. The SMILES string of the molecule is COc1ccc(-c2ccc(=O)n(C(C)C(=O)N3CCN(S(C)(=O)=O)CC3)n2)cc1. The molecule has 1 amide bonds. The largest absolute Gasteiger partial charge is 0.497 e. The van der Waals surface area contributed by atoms with Gasteiger partial charge in [0.2, 0.25) is 15.9 Å². The summed E-state index contributed by atoms with van der Waals surface area (Å²) in [6, 6.07) is 9.44. The van der Waals surface area contributed by atoms with E-state index < -0.39 is 16.1 Å². The fraction of sp³-hybridized carbons (Fsp3) is 0.421. The summed E-state index contributed by atoms with van der Waals surface area (Å²) in [6.07, 6.45) is 1.15. The van der Waals surface area contributed by atoms with Crippen LogP contribution in [0.1, 0.15) is 13.0 Å². The van der Waals surface area contributed by atoms with Crippen molar-refractivity contribution in [2.75, 3.05) is 39.5 Å². The molecular formula is C19H24N4O5S. The normalized spacial score (nSPS) is 16.4. The number of ether oxygens (including phenoxy) is 1. The number of rotatable bonds is 5. The molecule has 1 fully saturated rings. The van der Waals surface area contributed by atoms with Crippen molar-refractivity contribution in [3.8, 4) is 17.0 Å².